The molecule has 1 saturated heterocycles. The van der Waals surface area contributed by atoms with Crippen molar-refractivity contribution in [1.82, 2.24) is 4.90 Å². The Bertz CT molecular complexity index is 716. The first-order valence-corrected chi connectivity index (χ1v) is 8.66. The zero-order valence-electron chi connectivity index (χ0n) is 15.1. The van der Waals surface area contributed by atoms with Crippen LogP contribution in [0.15, 0.2) is 17.7 Å². The number of aliphatic hydroxyl groups is 1. The lowest BCUT2D eigenvalue weighted by Crippen LogP contribution is -2.45. The molecule has 25 heavy (non-hydrogen) atoms. The van der Waals surface area contributed by atoms with Gasteiger partial charge in [0.2, 0.25) is 5.75 Å². The SMILES string of the molecule is COc1cc2c(c(OC)c1OC)[C@@H](O)O[C@@H]1CC=C3CCN(C)[C@@H]3[C@H]21. The molecule has 0 saturated carbocycles. The van der Waals surface area contributed by atoms with E-state index < -0.39 is 6.29 Å². The predicted molar refractivity (Wildman–Crippen MR) is 92.4 cm³/mol. The zero-order chi connectivity index (χ0) is 17.7. The molecule has 6 nitrogen and oxygen atoms in total. The zero-order valence-corrected chi connectivity index (χ0v) is 15.1. The molecule has 0 spiro atoms. The van der Waals surface area contributed by atoms with Crippen LogP contribution >= 0.6 is 0 Å². The van der Waals surface area contributed by atoms with Crippen LogP contribution in [0.3, 0.4) is 0 Å². The largest absolute Gasteiger partial charge is 0.493 e. The molecular weight excluding hydrogens is 322 g/mol. The van der Waals surface area contributed by atoms with E-state index in [2.05, 4.69) is 18.0 Å². The molecule has 4 rings (SSSR count). The van der Waals surface area contributed by atoms with Gasteiger partial charge in [0.05, 0.1) is 33.0 Å². The van der Waals surface area contributed by atoms with Crippen molar-refractivity contribution in [3.05, 3.63) is 28.8 Å². The van der Waals surface area contributed by atoms with Gasteiger partial charge in [0.25, 0.3) is 0 Å². The molecule has 1 aromatic carbocycles. The van der Waals surface area contributed by atoms with Crippen molar-refractivity contribution in [1.29, 1.82) is 0 Å². The van der Waals surface area contributed by atoms with Crippen LogP contribution in [-0.2, 0) is 4.74 Å². The summed E-state index contributed by atoms with van der Waals surface area (Å²) in [5.41, 5.74) is 3.15. The molecule has 1 N–H and O–H groups in total. The molecule has 0 radical (unpaired) electrons. The van der Waals surface area contributed by atoms with E-state index in [4.69, 9.17) is 18.9 Å². The third-order valence-corrected chi connectivity index (χ3v) is 5.77. The Balaban J connectivity index is 1.93. The van der Waals surface area contributed by atoms with Gasteiger partial charge in [0, 0.05) is 18.5 Å². The highest BCUT2D eigenvalue weighted by Crippen LogP contribution is 2.54. The van der Waals surface area contributed by atoms with Gasteiger partial charge in [-0.15, -0.1) is 0 Å². The van der Waals surface area contributed by atoms with Crippen LogP contribution in [-0.4, -0.2) is 57.1 Å². The van der Waals surface area contributed by atoms with Gasteiger partial charge < -0.3 is 24.1 Å². The molecule has 1 aliphatic carbocycles. The maximum absolute atomic E-state index is 10.7. The van der Waals surface area contributed by atoms with Crippen molar-refractivity contribution in [3.63, 3.8) is 0 Å². The van der Waals surface area contributed by atoms with Crippen LogP contribution in [0.4, 0.5) is 0 Å². The van der Waals surface area contributed by atoms with Crippen LogP contribution in [0.2, 0.25) is 0 Å². The van der Waals surface area contributed by atoms with E-state index in [-0.39, 0.29) is 18.1 Å². The van der Waals surface area contributed by atoms with E-state index in [0.717, 1.165) is 24.9 Å². The maximum Gasteiger partial charge on any atom is 0.203 e. The average molecular weight is 347 g/mol. The molecule has 4 atom stereocenters. The second-order valence-corrected chi connectivity index (χ2v) is 6.89. The van der Waals surface area contributed by atoms with Crippen molar-refractivity contribution >= 4 is 0 Å². The van der Waals surface area contributed by atoms with Crippen molar-refractivity contribution in [3.8, 4) is 17.2 Å². The molecule has 136 valence electrons. The first-order valence-electron chi connectivity index (χ1n) is 8.66. The number of rotatable bonds is 3. The number of nitrogens with zero attached hydrogens (tertiary/aromatic N) is 1. The lowest BCUT2D eigenvalue weighted by atomic mass is 9.74. The van der Waals surface area contributed by atoms with Crippen molar-refractivity contribution < 1.29 is 24.1 Å². The summed E-state index contributed by atoms with van der Waals surface area (Å²) in [4.78, 5) is 2.37. The molecule has 6 heteroatoms. The number of hydrogen-bond acceptors (Lipinski definition) is 6. The summed E-state index contributed by atoms with van der Waals surface area (Å²) < 4.78 is 22.6. The average Bonchev–Trinajstić information content (AvgIpc) is 3.00. The summed E-state index contributed by atoms with van der Waals surface area (Å²) >= 11 is 0. The fraction of sp³-hybridized carbons (Fsp3) is 0.579. The molecule has 0 bridgehead atoms. The van der Waals surface area contributed by atoms with Gasteiger partial charge in [0.15, 0.2) is 17.8 Å². The molecule has 0 aromatic heterocycles. The summed E-state index contributed by atoms with van der Waals surface area (Å²) in [5, 5.41) is 10.7. The summed E-state index contributed by atoms with van der Waals surface area (Å²) in [5.74, 6) is 1.72. The quantitative estimate of drug-likeness (QED) is 0.846. The van der Waals surface area contributed by atoms with Crippen LogP contribution in [0, 0.1) is 0 Å². The number of likely N-dealkylation sites (N-methyl/N-ethyl adjacent to an activating group) is 1. The molecular formula is C19H25NO5. The van der Waals surface area contributed by atoms with Gasteiger partial charge in [-0.25, -0.2) is 0 Å². The highest BCUT2D eigenvalue weighted by molar-refractivity contribution is 5.62. The standard InChI is InChI=1S/C19H25NO5/c1-20-8-7-10-5-6-12-14(16(10)20)11-9-13(22-2)17(23-3)18(24-4)15(11)19(21)25-12/h5,9,12,14,16,19,21H,6-8H2,1-4H3/t12-,14-,16+,19+/m1/s1. The van der Waals surface area contributed by atoms with Gasteiger partial charge in [-0.2, -0.15) is 0 Å². The lowest BCUT2D eigenvalue weighted by Gasteiger charge is -2.44. The van der Waals surface area contributed by atoms with Crippen LogP contribution in [0.25, 0.3) is 0 Å². The summed E-state index contributed by atoms with van der Waals surface area (Å²) in [6.07, 6.45) is 3.10. The van der Waals surface area contributed by atoms with Gasteiger partial charge >= 0.3 is 0 Å². The maximum atomic E-state index is 10.7. The molecule has 1 aromatic rings. The van der Waals surface area contributed by atoms with Crippen molar-refractivity contribution in [2.24, 2.45) is 0 Å². The molecule has 3 aliphatic rings. The molecule has 2 heterocycles. The lowest BCUT2D eigenvalue weighted by molar-refractivity contribution is -0.163. The number of aliphatic hydroxyl groups excluding tert-OH is 1. The molecule has 2 aliphatic heterocycles. The monoisotopic (exact) mass is 347 g/mol. The summed E-state index contributed by atoms with van der Waals surface area (Å²) in [7, 11) is 6.91. The fourth-order valence-corrected chi connectivity index (χ4v) is 4.69. The number of ether oxygens (including phenoxy) is 4. The van der Waals surface area contributed by atoms with Gasteiger partial charge in [-0.3, -0.25) is 4.90 Å². The van der Waals surface area contributed by atoms with E-state index in [1.165, 1.54) is 5.57 Å². The minimum atomic E-state index is -1.03. The fourth-order valence-electron chi connectivity index (χ4n) is 4.69. The van der Waals surface area contributed by atoms with Crippen LogP contribution in [0.1, 0.15) is 36.2 Å². The second kappa shape index (κ2) is 6.20. The third kappa shape index (κ3) is 2.35. The molecule has 1 fully saturated rings. The number of hydrogen-bond donors (Lipinski definition) is 1. The number of methoxy groups -OCH3 is 3. The van der Waals surface area contributed by atoms with E-state index in [1.807, 2.05) is 6.07 Å². The van der Waals surface area contributed by atoms with Crippen LogP contribution < -0.4 is 14.2 Å². The van der Waals surface area contributed by atoms with E-state index in [0.29, 0.717) is 22.8 Å². The number of likely N-dealkylation sites (tertiary alicyclic amines) is 1. The minimum Gasteiger partial charge on any atom is -0.493 e. The Kier molecular flexibility index (Phi) is 4.14. The van der Waals surface area contributed by atoms with Crippen molar-refractivity contribution in [2.45, 2.75) is 37.2 Å². The number of benzene rings is 1. The van der Waals surface area contributed by atoms with E-state index >= 15 is 0 Å². The van der Waals surface area contributed by atoms with Crippen LogP contribution in [0.5, 0.6) is 17.2 Å². The van der Waals surface area contributed by atoms with E-state index in [9.17, 15) is 5.11 Å². The smallest absolute Gasteiger partial charge is 0.203 e. The van der Waals surface area contributed by atoms with E-state index in [1.54, 1.807) is 21.3 Å². The van der Waals surface area contributed by atoms with Gasteiger partial charge in [-0.1, -0.05) is 11.6 Å². The predicted octanol–water partition coefficient (Wildman–Crippen LogP) is 2.22. The van der Waals surface area contributed by atoms with Gasteiger partial charge in [-0.05, 0) is 31.5 Å². The Morgan fingerprint density at radius 2 is 1.92 bits per heavy atom. The highest BCUT2D eigenvalue weighted by atomic mass is 16.6. The Labute approximate surface area is 147 Å². The Hall–Kier alpha value is -1.76. The summed E-state index contributed by atoms with van der Waals surface area (Å²) in [6.45, 7) is 1.04. The first kappa shape index (κ1) is 16.7. The highest BCUT2D eigenvalue weighted by Gasteiger charge is 2.48. The topological polar surface area (TPSA) is 60.4 Å². The summed E-state index contributed by atoms with van der Waals surface area (Å²) in [6, 6.07) is 2.27. The first-order chi connectivity index (χ1) is 12.1. The second-order valence-electron chi connectivity index (χ2n) is 6.89. The normalized spacial score (nSPS) is 30.8. The minimum absolute atomic E-state index is 0.0559. The van der Waals surface area contributed by atoms with Gasteiger partial charge in [0.1, 0.15) is 0 Å². The number of fused-ring (bicyclic) bond motifs is 5. The molecule has 0 unspecified atom stereocenters. The third-order valence-electron chi connectivity index (χ3n) is 5.77. The Morgan fingerprint density at radius 1 is 1.16 bits per heavy atom. The molecule has 0 amide bonds. The Morgan fingerprint density at radius 3 is 2.60 bits per heavy atom. The van der Waals surface area contributed by atoms with Crippen molar-refractivity contribution in [2.75, 3.05) is 34.9 Å².